The second-order valence-electron chi connectivity index (χ2n) is 7.37. The van der Waals surface area contributed by atoms with Gasteiger partial charge in [0.15, 0.2) is 5.78 Å². The number of aryl methyl sites for hydroxylation is 1. The molecule has 0 bridgehead atoms. The summed E-state index contributed by atoms with van der Waals surface area (Å²) in [5.41, 5.74) is 3.77. The Morgan fingerprint density at radius 2 is 1.86 bits per heavy atom. The van der Waals surface area contributed by atoms with Crippen molar-refractivity contribution in [3.05, 3.63) is 82.1 Å². The topological polar surface area (TPSA) is 68.5 Å². The minimum absolute atomic E-state index is 0.0376. The van der Waals surface area contributed by atoms with Gasteiger partial charge >= 0.3 is 5.97 Å². The summed E-state index contributed by atoms with van der Waals surface area (Å²) in [5, 5.41) is 3.32. The van der Waals surface area contributed by atoms with Gasteiger partial charge in [0.2, 0.25) is 0 Å². The second-order valence-corrected chi connectivity index (χ2v) is 7.37. The molecule has 0 radical (unpaired) electrons. The molecular weight excluding hydrogens is 354 g/mol. The lowest BCUT2D eigenvalue weighted by atomic mass is 9.73. The number of methoxy groups -OCH3 is 1. The van der Waals surface area contributed by atoms with Gasteiger partial charge in [-0.15, -0.1) is 0 Å². The van der Waals surface area contributed by atoms with E-state index in [4.69, 9.17) is 9.15 Å². The zero-order valence-corrected chi connectivity index (χ0v) is 16.2. The predicted octanol–water partition coefficient (Wildman–Crippen LogP) is 4.12. The van der Waals surface area contributed by atoms with Crippen LogP contribution in [0.25, 0.3) is 0 Å². The van der Waals surface area contributed by atoms with Crippen LogP contribution in [0.3, 0.4) is 0 Å². The highest BCUT2D eigenvalue weighted by Crippen LogP contribution is 2.45. The van der Waals surface area contributed by atoms with Crippen LogP contribution in [-0.2, 0) is 14.3 Å². The Morgan fingerprint density at radius 3 is 2.50 bits per heavy atom. The first-order valence-corrected chi connectivity index (χ1v) is 9.43. The number of allylic oxidation sites excluding steroid dienone is 3. The first-order chi connectivity index (χ1) is 13.5. The highest BCUT2D eigenvalue weighted by atomic mass is 16.5. The van der Waals surface area contributed by atoms with Gasteiger partial charge in [0, 0.05) is 23.4 Å². The Balaban J connectivity index is 1.80. The maximum absolute atomic E-state index is 13.3. The van der Waals surface area contributed by atoms with Gasteiger partial charge in [-0.1, -0.05) is 30.3 Å². The van der Waals surface area contributed by atoms with Gasteiger partial charge in [0.1, 0.15) is 11.5 Å². The summed E-state index contributed by atoms with van der Waals surface area (Å²) in [6.07, 6.45) is 1.13. The quantitative estimate of drug-likeness (QED) is 0.815. The number of hydrogen-bond acceptors (Lipinski definition) is 5. The predicted molar refractivity (Wildman–Crippen MR) is 104 cm³/mol. The largest absolute Gasteiger partial charge is 0.466 e. The van der Waals surface area contributed by atoms with Crippen LogP contribution in [0.5, 0.6) is 0 Å². The molecular formula is C23H23NO4. The summed E-state index contributed by atoms with van der Waals surface area (Å²) in [5.74, 6) is 0.498. The van der Waals surface area contributed by atoms with Crippen LogP contribution < -0.4 is 5.32 Å². The molecule has 5 nitrogen and oxygen atoms in total. The molecule has 1 N–H and O–H groups in total. The number of nitrogens with one attached hydrogen (secondary N) is 1. The van der Waals surface area contributed by atoms with Crippen LogP contribution in [0.4, 0.5) is 0 Å². The van der Waals surface area contributed by atoms with E-state index in [1.54, 1.807) is 0 Å². The summed E-state index contributed by atoms with van der Waals surface area (Å²) >= 11 is 0. The number of dihydropyridines is 1. The SMILES string of the molecule is COC(=O)C1=C(C)NC2=C(C(=O)C[C@@H](c3ccccc3)C2)[C@@H]1c1ccc(C)o1. The number of furan rings is 1. The van der Waals surface area contributed by atoms with Gasteiger partial charge in [-0.05, 0) is 43.9 Å². The molecule has 0 fully saturated rings. The van der Waals surface area contributed by atoms with Gasteiger partial charge in [-0.3, -0.25) is 4.79 Å². The average Bonchev–Trinajstić information content (AvgIpc) is 3.13. The van der Waals surface area contributed by atoms with E-state index in [-0.39, 0.29) is 11.7 Å². The molecule has 144 valence electrons. The van der Waals surface area contributed by atoms with Crippen molar-refractivity contribution in [2.45, 2.75) is 38.5 Å². The van der Waals surface area contributed by atoms with E-state index in [1.807, 2.05) is 44.2 Å². The fraction of sp³-hybridized carbons (Fsp3) is 0.304. The van der Waals surface area contributed by atoms with Crippen LogP contribution in [0, 0.1) is 6.92 Å². The van der Waals surface area contributed by atoms with Crippen molar-refractivity contribution in [3.63, 3.8) is 0 Å². The molecule has 2 heterocycles. The van der Waals surface area contributed by atoms with Crippen LogP contribution in [0.2, 0.25) is 0 Å². The van der Waals surface area contributed by atoms with Crippen molar-refractivity contribution in [2.75, 3.05) is 7.11 Å². The van der Waals surface area contributed by atoms with E-state index in [0.717, 1.165) is 17.0 Å². The van der Waals surface area contributed by atoms with Gasteiger partial charge < -0.3 is 14.5 Å². The third-order valence-corrected chi connectivity index (χ3v) is 5.55. The maximum Gasteiger partial charge on any atom is 0.336 e. The summed E-state index contributed by atoms with van der Waals surface area (Å²) < 4.78 is 10.9. The first kappa shape index (κ1) is 18.3. The normalized spacial score (nSPS) is 22.0. The number of benzene rings is 1. The molecule has 0 spiro atoms. The lowest BCUT2D eigenvalue weighted by Crippen LogP contribution is -2.35. The van der Waals surface area contributed by atoms with Gasteiger partial charge in [-0.25, -0.2) is 4.79 Å². The number of ether oxygens (including phenoxy) is 1. The molecule has 2 aromatic rings. The molecule has 5 heteroatoms. The van der Waals surface area contributed by atoms with Crippen LogP contribution >= 0.6 is 0 Å². The number of carbonyl (C=O) groups is 2. The minimum atomic E-state index is -0.540. The van der Waals surface area contributed by atoms with Crippen molar-refractivity contribution >= 4 is 11.8 Å². The van der Waals surface area contributed by atoms with E-state index < -0.39 is 11.9 Å². The standard InChI is InChI=1S/C23H23NO4/c1-13-9-10-19(28-13)22-20(23(26)27-3)14(2)24-17-11-16(12-18(25)21(17)22)15-7-5-4-6-8-15/h4-10,16,22,24H,11-12H2,1-3H3/t16-,22+/m0/s1. The third-order valence-electron chi connectivity index (χ3n) is 5.55. The molecule has 0 unspecified atom stereocenters. The second kappa shape index (κ2) is 7.15. The van der Waals surface area contributed by atoms with Gasteiger partial charge in [-0.2, -0.15) is 0 Å². The number of carbonyl (C=O) groups excluding carboxylic acids is 2. The molecule has 2 atom stereocenters. The molecule has 1 aromatic heterocycles. The molecule has 1 aliphatic carbocycles. The Labute approximate surface area is 164 Å². The fourth-order valence-corrected chi connectivity index (χ4v) is 4.27. The van der Waals surface area contributed by atoms with E-state index in [9.17, 15) is 9.59 Å². The van der Waals surface area contributed by atoms with Crippen molar-refractivity contribution in [1.82, 2.24) is 5.32 Å². The highest BCUT2D eigenvalue weighted by molar-refractivity contribution is 6.04. The Kier molecular flexibility index (Phi) is 4.67. The molecule has 2 aliphatic rings. The molecule has 1 aliphatic heterocycles. The van der Waals surface area contributed by atoms with Crippen LogP contribution in [-0.4, -0.2) is 18.9 Å². The van der Waals surface area contributed by atoms with Gasteiger partial charge in [0.25, 0.3) is 0 Å². The zero-order chi connectivity index (χ0) is 19.8. The molecule has 0 saturated heterocycles. The summed E-state index contributed by atoms with van der Waals surface area (Å²) in [6.45, 7) is 3.69. The molecule has 1 aromatic carbocycles. The van der Waals surface area contributed by atoms with Crippen LogP contribution in [0.1, 0.15) is 48.7 Å². The van der Waals surface area contributed by atoms with Crippen molar-refractivity contribution < 1.29 is 18.7 Å². The van der Waals surface area contributed by atoms with E-state index in [1.165, 1.54) is 7.11 Å². The van der Waals surface area contributed by atoms with Gasteiger partial charge in [0.05, 0.1) is 18.6 Å². The third kappa shape index (κ3) is 3.07. The number of Topliss-reactive ketones (excluding diaryl/α,β-unsaturated/α-hetero) is 1. The molecule has 4 rings (SSSR count). The molecule has 28 heavy (non-hydrogen) atoms. The van der Waals surface area contributed by atoms with E-state index >= 15 is 0 Å². The Hall–Kier alpha value is -3.08. The number of esters is 1. The minimum Gasteiger partial charge on any atom is -0.466 e. The summed E-state index contributed by atoms with van der Waals surface area (Å²) in [6, 6.07) is 13.8. The number of rotatable bonds is 3. The monoisotopic (exact) mass is 377 g/mol. The highest BCUT2D eigenvalue weighted by Gasteiger charge is 2.42. The fourth-order valence-electron chi connectivity index (χ4n) is 4.27. The first-order valence-electron chi connectivity index (χ1n) is 9.43. The smallest absolute Gasteiger partial charge is 0.336 e. The summed E-state index contributed by atoms with van der Waals surface area (Å²) in [7, 11) is 1.35. The Bertz CT molecular complexity index is 997. The van der Waals surface area contributed by atoms with Crippen molar-refractivity contribution in [1.29, 1.82) is 0 Å². The van der Waals surface area contributed by atoms with Crippen LogP contribution in [0.15, 0.2) is 69.4 Å². The molecule has 0 amide bonds. The van der Waals surface area contributed by atoms with E-state index in [0.29, 0.717) is 35.4 Å². The maximum atomic E-state index is 13.3. The van der Waals surface area contributed by atoms with Crippen molar-refractivity contribution in [2.24, 2.45) is 0 Å². The average molecular weight is 377 g/mol. The lowest BCUT2D eigenvalue weighted by Gasteiger charge is -2.35. The number of ketones is 1. The van der Waals surface area contributed by atoms with E-state index in [2.05, 4.69) is 17.4 Å². The zero-order valence-electron chi connectivity index (χ0n) is 16.2. The number of hydrogen-bond donors (Lipinski definition) is 1. The van der Waals surface area contributed by atoms with Crippen molar-refractivity contribution in [3.8, 4) is 0 Å². The molecule has 0 saturated carbocycles. The summed E-state index contributed by atoms with van der Waals surface area (Å²) in [4.78, 5) is 25.8. The Morgan fingerprint density at radius 1 is 1.11 bits per heavy atom. The lowest BCUT2D eigenvalue weighted by molar-refractivity contribution is -0.136.